The Hall–Kier alpha value is -0.660. The number of nitrogens with zero attached hydrogens (tertiary/aromatic N) is 1. The molecule has 0 bridgehead atoms. The first-order valence-electron chi connectivity index (χ1n) is 7.02. The van der Waals surface area contributed by atoms with Gasteiger partial charge in [-0.1, -0.05) is 6.92 Å². The van der Waals surface area contributed by atoms with Crippen molar-refractivity contribution in [3.05, 3.63) is 0 Å². The third-order valence-electron chi connectivity index (χ3n) is 3.81. The van der Waals surface area contributed by atoms with Gasteiger partial charge in [-0.2, -0.15) is 0 Å². The van der Waals surface area contributed by atoms with E-state index in [1.54, 1.807) is 4.31 Å². The van der Waals surface area contributed by atoms with Gasteiger partial charge >= 0.3 is 0 Å². The van der Waals surface area contributed by atoms with Gasteiger partial charge in [0.2, 0.25) is 15.9 Å². The molecule has 6 nitrogen and oxygen atoms in total. The standard InChI is InChI=1S/C12H23N3O3S/c1-2-7-19(17,18)15-5-3-11(4-6-15)14-12(16)10-8-13-9-10/h10-11,13H,2-9H2,1H3,(H,14,16). The summed E-state index contributed by atoms with van der Waals surface area (Å²) in [6.45, 7) is 4.44. The minimum Gasteiger partial charge on any atom is -0.353 e. The molecule has 0 aromatic carbocycles. The van der Waals surface area contributed by atoms with E-state index in [0.29, 0.717) is 19.5 Å². The lowest BCUT2D eigenvalue weighted by Gasteiger charge is -2.33. The lowest BCUT2D eigenvalue weighted by molar-refractivity contribution is -0.127. The third kappa shape index (κ3) is 3.67. The van der Waals surface area contributed by atoms with Crippen LogP contribution in [0, 0.1) is 5.92 Å². The number of hydrogen-bond donors (Lipinski definition) is 2. The minimum absolute atomic E-state index is 0.0989. The number of carbonyl (C=O) groups excluding carboxylic acids is 1. The molecule has 1 amide bonds. The SMILES string of the molecule is CCCS(=O)(=O)N1CCC(NC(=O)C2CNC2)CC1. The van der Waals surface area contributed by atoms with Gasteiger partial charge in [-0.15, -0.1) is 0 Å². The van der Waals surface area contributed by atoms with Gasteiger partial charge in [0.15, 0.2) is 0 Å². The van der Waals surface area contributed by atoms with E-state index in [2.05, 4.69) is 10.6 Å². The number of carbonyl (C=O) groups is 1. The molecule has 2 aliphatic rings. The lowest BCUT2D eigenvalue weighted by atomic mass is 10.0. The van der Waals surface area contributed by atoms with Gasteiger partial charge in [-0.05, 0) is 19.3 Å². The average Bonchev–Trinajstić information content (AvgIpc) is 2.27. The van der Waals surface area contributed by atoms with E-state index >= 15 is 0 Å². The quantitative estimate of drug-likeness (QED) is 0.717. The number of hydrogen-bond acceptors (Lipinski definition) is 4. The molecule has 0 radical (unpaired) electrons. The molecule has 2 N–H and O–H groups in total. The van der Waals surface area contributed by atoms with Crippen molar-refractivity contribution in [2.24, 2.45) is 5.92 Å². The van der Waals surface area contributed by atoms with Gasteiger partial charge in [0.1, 0.15) is 0 Å². The molecule has 0 aliphatic carbocycles. The third-order valence-corrected chi connectivity index (χ3v) is 5.88. The number of rotatable bonds is 5. The van der Waals surface area contributed by atoms with Crippen molar-refractivity contribution >= 4 is 15.9 Å². The zero-order valence-corrected chi connectivity index (χ0v) is 12.2. The fourth-order valence-corrected chi connectivity index (χ4v) is 4.00. The molecular formula is C12H23N3O3S. The van der Waals surface area contributed by atoms with Crippen LogP contribution in [-0.4, -0.2) is 56.6 Å². The summed E-state index contributed by atoms with van der Waals surface area (Å²) in [5, 5.41) is 6.10. The predicted molar refractivity (Wildman–Crippen MR) is 73.2 cm³/mol. The van der Waals surface area contributed by atoms with Gasteiger partial charge in [0.25, 0.3) is 0 Å². The van der Waals surface area contributed by atoms with Crippen LogP contribution in [0.25, 0.3) is 0 Å². The average molecular weight is 289 g/mol. The Morgan fingerprint density at radius 2 is 1.95 bits per heavy atom. The van der Waals surface area contributed by atoms with E-state index in [9.17, 15) is 13.2 Å². The van der Waals surface area contributed by atoms with Gasteiger partial charge in [0, 0.05) is 32.2 Å². The molecule has 2 rings (SSSR count). The number of nitrogens with one attached hydrogen (secondary N) is 2. The maximum atomic E-state index is 11.9. The van der Waals surface area contributed by atoms with Crippen molar-refractivity contribution in [3.8, 4) is 0 Å². The van der Waals surface area contributed by atoms with E-state index in [1.807, 2.05) is 6.92 Å². The Morgan fingerprint density at radius 1 is 1.32 bits per heavy atom. The van der Waals surface area contributed by atoms with Crippen LogP contribution in [-0.2, 0) is 14.8 Å². The molecule has 110 valence electrons. The summed E-state index contributed by atoms with van der Waals surface area (Å²) >= 11 is 0. The minimum atomic E-state index is -3.08. The van der Waals surface area contributed by atoms with Crippen molar-refractivity contribution in [2.45, 2.75) is 32.2 Å². The van der Waals surface area contributed by atoms with Crippen LogP contribution in [0.15, 0.2) is 0 Å². The van der Waals surface area contributed by atoms with Crippen LogP contribution in [0.3, 0.4) is 0 Å². The van der Waals surface area contributed by atoms with Crippen LogP contribution >= 0.6 is 0 Å². The molecule has 0 aromatic rings. The van der Waals surface area contributed by atoms with E-state index in [-0.39, 0.29) is 23.6 Å². The zero-order valence-electron chi connectivity index (χ0n) is 11.4. The highest BCUT2D eigenvalue weighted by Gasteiger charge is 2.30. The summed E-state index contributed by atoms with van der Waals surface area (Å²) in [5.41, 5.74) is 0. The second-order valence-electron chi connectivity index (χ2n) is 5.35. The molecule has 7 heteroatoms. The van der Waals surface area contributed by atoms with Gasteiger partial charge < -0.3 is 10.6 Å². The maximum absolute atomic E-state index is 11.9. The van der Waals surface area contributed by atoms with Crippen LogP contribution in [0.5, 0.6) is 0 Å². The van der Waals surface area contributed by atoms with Crippen LogP contribution in [0.1, 0.15) is 26.2 Å². The van der Waals surface area contributed by atoms with Gasteiger partial charge in [-0.25, -0.2) is 12.7 Å². The Kier molecular flexibility index (Phi) is 4.81. The van der Waals surface area contributed by atoms with Gasteiger partial charge in [0.05, 0.1) is 11.7 Å². The second-order valence-corrected chi connectivity index (χ2v) is 7.44. The summed E-state index contributed by atoms with van der Waals surface area (Å²) in [4.78, 5) is 11.8. The van der Waals surface area contributed by atoms with Gasteiger partial charge in [-0.3, -0.25) is 4.79 Å². The van der Waals surface area contributed by atoms with E-state index < -0.39 is 10.0 Å². The Balaban J connectivity index is 1.77. The van der Waals surface area contributed by atoms with Crippen LogP contribution in [0.4, 0.5) is 0 Å². The van der Waals surface area contributed by atoms with Crippen LogP contribution < -0.4 is 10.6 Å². The second kappa shape index (κ2) is 6.19. The van der Waals surface area contributed by atoms with E-state index in [4.69, 9.17) is 0 Å². The summed E-state index contributed by atoms with van der Waals surface area (Å²) in [5.74, 6) is 0.424. The monoisotopic (exact) mass is 289 g/mol. The predicted octanol–water partition coefficient (Wildman–Crippen LogP) is -0.474. The van der Waals surface area contributed by atoms with Crippen molar-refractivity contribution in [1.82, 2.24) is 14.9 Å². The zero-order chi connectivity index (χ0) is 13.9. The van der Waals surface area contributed by atoms with Crippen molar-refractivity contribution in [1.29, 1.82) is 0 Å². The largest absolute Gasteiger partial charge is 0.353 e. The molecule has 2 aliphatic heterocycles. The molecular weight excluding hydrogens is 266 g/mol. The highest BCUT2D eigenvalue weighted by Crippen LogP contribution is 2.16. The summed E-state index contributed by atoms with van der Waals surface area (Å²) < 4.78 is 25.4. The number of sulfonamides is 1. The van der Waals surface area contributed by atoms with Crippen LogP contribution in [0.2, 0.25) is 0 Å². The van der Waals surface area contributed by atoms with Crippen molar-refractivity contribution in [2.75, 3.05) is 31.9 Å². The normalized spacial score (nSPS) is 23.0. The Bertz CT molecular complexity index is 412. The molecule has 2 saturated heterocycles. The molecule has 19 heavy (non-hydrogen) atoms. The lowest BCUT2D eigenvalue weighted by Crippen LogP contribution is -2.54. The van der Waals surface area contributed by atoms with Crippen molar-refractivity contribution < 1.29 is 13.2 Å². The first-order chi connectivity index (χ1) is 9.03. The maximum Gasteiger partial charge on any atom is 0.225 e. The highest BCUT2D eigenvalue weighted by atomic mass is 32.2. The Labute approximate surface area is 115 Å². The Morgan fingerprint density at radius 3 is 2.42 bits per heavy atom. The summed E-state index contributed by atoms with van der Waals surface area (Å²) in [6.07, 6.45) is 2.08. The molecule has 0 aromatic heterocycles. The fraction of sp³-hybridized carbons (Fsp3) is 0.917. The summed E-state index contributed by atoms with van der Waals surface area (Å²) in [6, 6.07) is 0.126. The number of piperidine rings is 1. The van der Waals surface area contributed by atoms with Crippen molar-refractivity contribution in [3.63, 3.8) is 0 Å². The summed E-state index contributed by atoms with van der Waals surface area (Å²) in [7, 11) is -3.08. The molecule has 0 atom stereocenters. The van der Waals surface area contributed by atoms with E-state index in [0.717, 1.165) is 25.9 Å². The van der Waals surface area contributed by atoms with E-state index in [1.165, 1.54) is 0 Å². The molecule has 0 spiro atoms. The number of amides is 1. The highest BCUT2D eigenvalue weighted by molar-refractivity contribution is 7.89. The molecule has 0 saturated carbocycles. The molecule has 0 unspecified atom stereocenters. The fourth-order valence-electron chi connectivity index (χ4n) is 2.46. The first-order valence-corrected chi connectivity index (χ1v) is 8.62. The smallest absolute Gasteiger partial charge is 0.225 e. The molecule has 2 fully saturated rings. The molecule has 2 heterocycles. The topological polar surface area (TPSA) is 78.5 Å². The first kappa shape index (κ1) is 14.7.